The van der Waals surface area contributed by atoms with Gasteiger partial charge in [0.25, 0.3) is 0 Å². The predicted octanol–water partition coefficient (Wildman–Crippen LogP) is 2.71. The molecule has 5 heteroatoms. The van der Waals surface area contributed by atoms with Gasteiger partial charge in [-0.1, -0.05) is 27.7 Å². The summed E-state index contributed by atoms with van der Waals surface area (Å²) in [5, 5.41) is 3.05. The van der Waals surface area contributed by atoms with E-state index < -0.39 is 10.0 Å². The van der Waals surface area contributed by atoms with Crippen LogP contribution >= 0.6 is 0 Å². The molecule has 4 nitrogen and oxygen atoms in total. The fourth-order valence-electron chi connectivity index (χ4n) is 1.91. The Labute approximate surface area is 126 Å². The summed E-state index contributed by atoms with van der Waals surface area (Å²) in [6.07, 6.45) is 3.53. The first kappa shape index (κ1) is 19.9. The van der Waals surface area contributed by atoms with Crippen molar-refractivity contribution in [1.82, 2.24) is 9.62 Å². The van der Waals surface area contributed by atoms with Gasteiger partial charge in [0.05, 0.1) is 5.75 Å². The van der Waals surface area contributed by atoms with Gasteiger partial charge in [0.1, 0.15) is 0 Å². The normalized spacial score (nSPS) is 12.8. The Kier molecular flexibility index (Phi) is 10.5. The van der Waals surface area contributed by atoms with E-state index in [1.807, 2.05) is 7.05 Å². The fourth-order valence-corrected chi connectivity index (χ4v) is 3.50. The van der Waals surface area contributed by atoms with E-state index in [-0.39, 0.29) is 5.75 Å². The Hall–Kier alpha value is -0.130. The van der Waals surface area contributed by atoms with Crippen molar-refractivity contribution in [3.05, 3.63) is 0 Å². The highest BCUT2D eigenvalue weighted by Crippen LogP contribution is 2.12. The molecule has 0 radical (unpaired) electrons. The van der Waals surface area contributed by atoms with Crippen molar-refractivity contribution < 1.29 is 8.42 Å². The summed E-state index contributed by atoms with van der Waals surface area (Å²) < 4.78 is 26.6. The van der Waals surface area contributed by atoms with Gasteiger partial charge in [-0.2, -0.15) is 0 Å². The quantitative estimate of drug-likeness (QED) is 0.564. The first-order valence-corrected chi connectivity index (χ1v) is 9.53. The van der Waals surface area contributed by atoms with Crippen molar-refractivity contribution in [2.45, 2.75) is 53.4 Å². The topological polar surface area (TPSA) is 49.4 Å². The maximum absolute atomic E-state index is 12.4. The van der Waals surface area contributed by atoms with E-state index in [4.69, 9.17) is 0 Å². The molecule has 0 rings (SSSR count). The van der Waals surface area contributed by atoms with Crippen LogP contribution in [0.4, 0.5) is 0 Å². The molecule has 0 spiro atoms. The molecule has 0 aliphatic rings. The largest absolute Gasteiger partial charge is 0.320 e. The summed E-state index contributed by atoms with van der Waals surface area (Å²) in [6.45, 7) is 10.8. The molecule has 0 fully saturated rings. The molecule has 0 amide bonds. The highest BCUT2D eigenvalue weighted by molar-refractivity contribution is 7.89. The monoisotopic (exact) mass is 306 g/mol. The van der Waals surface area contributed by atoms with Crippen molar-refractivity contribution in [3.63, 3.8) is 0 Å². The fraction of sp³-hybridized carbons (Fsp3) is 1.00. The van der Waals surface area contributed by atoms with E-state index in [1.165, 1.54) is 0 Å². The van der Waals surface area contributed by atoms with Gasteiger partial charge in [-0.3, -0.25) is 0 Å². The summed E-state index contributed by atoms with van der Waals surface area (Å²) in [4.78, 5) is 0. The molecule has 0 aromatic rings. The van der Waals surface area contributed by atoms with Crippen LogP contribution in [-0.4, -0.2) is 45.2 Å². The van der Waals surface area contributed by atoms with Gasteiger partial charge in [0.2, 0.25) is 10.0 Å². The van der Waals surface area contributed by atoms with Crippen molar-refractivity contribution in [3.8, 4) is 0 Å². The molecule has 0 unspecified atom stereocenters. The van der Waals surface area contributed by atoms with E-state index in [0.29, 0.717) is 24.9 Å². The highest BCUT2D eigenvalue weighted by Gasteiger charge is 2.21. The van der Waals surface area contributed by atoms with Crippen LogP contribution in [0.1, 0.15) is 53.4 Å². The third kappa shape index (κ3) is 9.72. The second-order valence-electron chi connectivity index (χ2n) is 6.39. The number of nitrogens with zero attached hydrogens (tertiary/aromatic N) is 1. The molecule has 0 atom stereocenters. The van der Waals surface area contributed by atoms with Gasteiger partial charge in [0.15, 0.2) is 0 Å². The lowest BCUT2D eigenvalue weighted by atomic mass is 10.1. The third-order valence-corrected chi connectivity index (χ3v) is 5.34. The molecule has 1 N–H and O–H groups in total. The molecular formula is C15H34N2O2S. The lowest BCUT2D eigenvalue weighted by molar-refractivity contribution is 0.356. The van der Waals surface area contributed by atoms with Crippen LogP contribution in [0.2, 0.25) is 0 Å². The molecule has 0 aliphatic heterocycles. The maximum Gasteiger partial charge on any atom is 0.214 e. The summed E-state index contributed by atoms with van der Waals surface area (Å²) in [6, 6.07) is 0. The van der Waals surface area contributed by atoms with E-state index >= 15 is 0 Å². The highest BCUT2D eigenvalue weighted by atomic mass is 32.2. The first-order valence-electron chi connectivity index (χ1n) is 7.92. The molecule has 122 valence electrons. The third-order valence-electron chi connectivity index (χ3n) is 3.38. The summed E-state index contributed by atoms with van der Waals surface area (Å²) >= 11 is 0. The molecule has 0 aromatic heterocycles. The number of hydrogen-bond acceptors (Lipinski definition) is 3. The average Bonchev–Trinajstić information content (AvgIpc) is 2.33. The van der Waals surface area contributed by atoms with Gasteiger partial charge >= 0.3 is 0 Å². The van der Waals surface area contributed by atoms with Gasteiger partial charge in [0, 0.05) is 13.1 Å². The van der Waals surface area contributed by atoms with Crippen LogP contribution in [0.15, 0.2) is 0 Å². The number of rotatable bonds is 12. The van der Waals surface area contributed by atoms with Gasteiger partial charge in [-0.05, 0) is 51.1 Å². The van der Waals surface area contributed by atoms with Crippen molar-refractivity contribution >= 4 is 10.0 Å². The van der Waals surface area contributed by atoms with Crippen molar-refractivity contribution in [1.29, 1.82) is 0 Å². The Bertz CT molecular complexity index is 315. The second-order valence-corrected chi connectivity index (χ2v) is 8.48. The summed E-state index contributed by atoms with van der Waals surface area (Å²) in [5.41, 5.74) is 0. The molecule has 0 aliphatic carbocycles. The van der Waals surface area contributed by atoms with Gasteiger partial charge in [-0.25, -0.2) is 12.7 Å². The van der Waals surface area contributed by atoms with Crippen LogP contribution in [0, 0.1) is 11.8 Å². The van der Waals surface area contributed by atoms with Gasteiger partial charge < -0.3 is 5.32 Å². The van der Waals surface area contributed by atoms with Crippen molar-refractivity contribution in [2.24, 2.45) is 11.8 Å². The molecule has 0 saturated carbocycles. The van der Waals surface area contributed by atoms with Crippen LogP contribution in [0.5, 0.6) is 0 Å². The minimum Gasteiger partial charge on any atom is -0.320 e. The SMILES string of the molecule is CNCCCCS(=O)(=O)N(CCC(C)C)CCC(C)C. The second kappa shape index (κ2) is 10.6. The number of unbranched alkanes of at least 4 members (excludes halogenated alkanes) is 1. The lowest BCUT2D eigenvalue weighted by Crippen LogP contribution is -2.36. The van der Waals surface area contributed by atoms with E-state index in [1.54, 1.807) is 4.31 Å². The molecule has 0 heterocycles. The van der Waals surface area contributed by atoms with Crippen molar-refractivity contribution in [2.75, 3.05) is 32.4 Å². The molecule has 0 saturated heterocycles. The van der Waals surface area contributed by atoms with Crippen LogP contribution in [-0.2, 0) is 10.0 Å². The Morgan fingerprint density at radius 3 is 1.85 bits per heavy atom. The zero-order valence-corrected chi connectivity index (χ0v) is 14.8. The Morgan fingerprint density at radius 1 is 0.950 bits per heavy atom. The van der Waals surface area contributed by atoms with Gasteiger partial charge in [-0.15, -0.1) is 0 Å². The summed E-state index contributed by atoms with van der Waals surface area (Å²) in [7, 11) is -1.19. The molecule has 0 bridgehead atoms. The van der Waals surface area contributed by atoms with Crippen LogP contribution in [0.3, 0.4) is 0 Å². The molecule has 0 aromatic carbocycles. The van der Waals surface area contributed by atoms with Crippen LogP contribution < -0.4 is 5.32 Å². The zero-order chi connectivity index (χ0) is 15.6. The minimum atomic E-state index is -3.09. The molecule has 20 heavy (non-hydrogen) atoms. The number of hydrogen-bond donors (Lipinski definition) is 1. The zero-order valence-electron chi connectivity index (χ0n) is 14.0. The predicted molar refractivity (Wildman–Crippen MR) is 87.4 cm³/mol. The standard InChI is InChI=1S/C15H34N2O2S/c1-14(2)8-11-17(12-9-15(3)4)20(18,19)13-7-6-10-16-5/h14-16H,6-13H2,1-5H3. The van der Waals surface area contributed by atoms with E-state index in [9.17, 15) is 8.42 Å². The average molecular weight is 307 g/mol. The lowest BCUT2D eigenvalue weighted by Gasteiger charge is -2.24. The first-order chi connectivity index (χ1) is 9.29. The minimum absolute atomic E-state index is 0.283. The number of nitrogens with one attached hydrogen (secondary N) is 1. The summed E-state index contributed by atoms with van der Waals surface area (Å²) in [5.74, 6) is 1.36. The Morgan fingerprint density at radius 2 is 1.45 bits per heavy atom. The maximum atomic E-state index is 12.4. The molecular weight excluding hydrogens is 272 g/mol. The van der Waals surface area contributed by atoms with E-state index in [2.05, 4.69) is 33.0 Å². The smallest absolute Gasteiger partial charge is 0.214 e. The van der Waals surface area contributed by atoms with Crippen LogP contribution in [0.25, 0.3) is 0 Å². The van der Waals surface area contributed by atoms with E-state index in [0.717, 1.165) is 32.2 Å². The Balaban J connectivity index is 4.45. The number of sulfonamides is 1.